The summed E-state index contributed by atoms with van der Waals surface area (Å²) in [5, 5.41) is 3.53. The number of aryl methyl sites for hydroxylation is 1. The summed E-state index contributed by atoms with van der Waals surface area (Å²) in [5.74, 6) is 0.190. The van der Waals surface area contributed by atoms with E-state index in [1.807, 2.05) is 29.0 Å². The number of hydrogen-bond donors (Lipinski definition) is 1. The number of aromatic nitrogens is 2. The number of likely N-dealkylation sites (tertiary alicyclic amines) is 1. The van der Waals surface area contributed by atoms with Gasteiger partial charge in [-0.1, -0.05) is 0 Å². The molecular weight excluding hydrogens is 216 g/mol. The van der Waals surface area contributed by atoms with Gasteiger partial charge >= 0.3 is 0 Å². The molecule has 0 radical (unpaired) electrons. The lowest BCUT2D eigenvalue weighted by atomic mass is 10.1. The van der Waals surface area contributed by atoms with Crippen molar-refractivity contribution in [2.75, 3.05) is 13.1 Å². The first-order valence-electron chi connectivity index (χ1n) is 6.11. The van der Waals surface area contributed by atoms with Gasteiger partial charge in [-0.3, -0.25) is 4.79 Å². The minimum Gasteiger partial charge on any atom is -0.343 e. The first-order valence-corrected chi connectivity index (χ1v) is 6.11. The van der Waals surface area contributed by atoms with Gasteiger partial charge in [0.1, 0.15) is 0 Å². The highest BCUT2D eigenvalue weighted by Crippen LogP contribution is 2.11. The molecule has 5 nitrogen and oxygen atoms in total. The van der Waals surface area contributed by atoms with E-state index >= 15 is 0 Å². The maximum Gasteiger partial charge on any atom is 0.219 e. The predicted molar refractivity (Wildman–Crippen MR) is 65.3 cm³/mol. The van der Waals surface area contributed by atoms with Crippen LogP contribution in [0.1, 0.15) is 25.5 Å². The zero-order chi connectivity index (χ0) is 12.3. The lowest BCUT2D eigenvalue weighted by Gasteiger charge is -2.31. The number of nitrogens with one attached hydrogen (secondary N) is 1. The Morgan fingerprint density at radius 3 is 2.76 bits per heavy atom. The van der Waals surface area contributed by atoms with Crippen LogP contribution in [0.2, 0.25) is 0 Å². The van der Waals surface area contributed by atoms with Crippen LogP contribution in [-0.4, -0.2) is 39.5 Å². The third-order valence-electron chi connectivity index (χ3n) is 3.43. The van der Waals surface area contributed by atoms with Gasteiger partial charge in [-0.05, 0) is 12.8 Å². The average molecular weight is 236 g/mol. The zero-order valence-corrected chi connectivity index (χ0v) is 10.5. The molecule has 2 heterocycles. The summed E-state index contributed by atoms with van der Waals surface area (Å²) < 4.78 is 2.03. The summed E-state index contributed by atoms with van der Waals surface area (Å²) in [6.07, 6.45) is 5.78. The van der Waals surface area contributed by atoms with Crippen molar-refractivity contribution >= 4 is 5.91 Å². The molecule has 1 amide bonds. The Balaban J connectivity index is 1.75. The van der Waals surface area contributed by atoms with Crippen molar-refractivity contribution in [3.63, 3.8) is 0 Å². The van der Waals surface area contributed by atoms with Gasteiger partial charge in [0.25, 0.3) is 0 Å². The van der Waals surface area contributed by atoms with Gasteiger partial charge in [0.05, 0.1) is 12.0 Å². The molecule has 0 spiro atoms. The summed E-state index contributed by atoms with van der Waals surface area (Å²) in [5.41, 5.74) is 1.19. The first-order chi connectivity index (χ1) is 8.16. The quantitative estimate of drug-likeness (QED) is 0.832. The minimum atomic E-state index is 0.190. The third-order valence-corrected chi connectivity index (χ3v) is 3.43. The van der Waals surface area contributed by atoms with E-state index < -0.39 is 0 Å². The SMILES string of the molecule is CC(=O)N1CCC(NCc2cncn2C)CC1. The van der Waals surface area contributed by atoms with Crippen LogP contribution < -0.4 is 5.32 Å². The van der Waals surface area contributed by atoms with Crippen LogP contribution in [0.5, 0.6) is 0 Å². The van der Waals surface area contributed by atoms with E-state index in [0.29, 0.717) is 6.04 Å². The number of amides is 1. The molecule has 1 aliphatic heterocycles. The Morgan fingerprint density at radius 2 is 2.24 bits per heavy atom. The van der Waals surface area contributed by atoms with Crippen molar-refractivity contribution in [3.8, 4) is 0 Å². The lowest BCUT2D eigenvalue weighted by Crippen LogP contribution is -2.44. The number of piperidine rings is 1. The summed E-state index contributed by atoms with van der Waals surface area (Å²) in [6.45, 7) is 4.24. The third kappa shape index (κ3) is 3.06. The smallest absolute Gasteiger partial charge is 0.219 e. The Kier molecular flexibility index (Phi) is 3.78. The standard InChI is InChI=1S/C12H20N4O/c1-10(17)16-5-3-11(4-6-16)14-8-12-7-13-9-15(12)2/h7,9,11,14H,3-6,8H2,1-2H3. The Morgan fingerprint density at radius 1 is 1.53 bits per heavy atom. The van der Waals surface area contributed by atoms with E-state index in [2.05, 4.69) is 10.3 Å². The van der Waals surface area contributed by atoms with Crippen molar-refractivity contribution < 1.29 is 4.79 Å². The van der Waals surface area contributed by atoms with E-state index in [-0.39, 0.29) is 5.91 Å². The monoisotopic (exact) mass is 236 g/mol. The second-order valence-corrected chi connectivity index (χ2v) is 4.66. The van der Waals surface area contributed by atoms with Gasteiger partial charge in [0.15, 0.2) is 0 Å². The summed E-state index contributed by atoms with van der Waals surface area (Å²) in [7, 11) is 2.00. The van der Waals surface area contributed by atoms with Gasteiger partial charge in [0, 0.05) is 45.8 Å². The molecule has 1 saturated heterocycles. The molecule has 1 aromatic heterocycles. The second-order valence-electron chi connectivity index (χ2n) is 4.66. The molecule has 2 rings (SSSR count). The number of carbonyl (C=O) groups is 1. The fraction of sp³-hybridized carbons (Fsp3) is 0.667. The summed E-state index contributed by atoms with van der Waals surface area (Å²) in [6, 6.07) is 0.514. The molecule has 0 unspecified atom stereocenters. The molecule has 1 aromatic rings. The van der Waals surface area contributed by atoms with Gasteiger partial charge in [0.2, 0.25) is 5.91 Å². The van der Waals surface area contributed by atoms with Crippen molar-refractivity contribution in [2.45, 2.75) is 32.4 Å². The zero-order valence-electron chi connectivity index (χ0n) is 10.5. The van der Waals surface area contributed by atoms with Crippen molar-refractivity contribution in [2.24, 2.45) is 7.05 Å². The first kappa shape index (κ1) is 12.1. The molecule has 0 aliphatic carbocycles. The van der Waals surface area contributed by atoms with Crippen molar-refractivity contribution in [1.29, 1.82) is 0 Å². The summed E-state index contributed by atoms with van der Waals surface area (Å²) in [4.78, 5) is 17.2. The van der Waals surface area contributed by atoms with E-state index in [1.165, 1.54) is 5.69 Å². The van der Waals surface area contributed by atoms with E-state index in [9.17, 15) is 4.79 Å². The maximum absolute atomic E-state index is 11.2. The molecule has 0 atom stereocenters. The number of nitrogens with zero attached hydrogens (tertiary/aromatic N) is 3. The molecule has 0 saturated carbocycles. The van der Waals surface area contributed by atoms with Crippen LogP contribution in [0, 0.1) is 0 Å². The van der Waals surface area contributed by atoms with Crippen molar-refractivity contribution in [1.82, 2.24) is 19.8 Å². The fourth-order valence-corrected chi connectivity index (χ4v) is 2.20. The van der Waals surface area contributed by atoms with Gasteiger partial charge in [-0.2, -0.15) is 0 Å². The predicted octanol–water partition coefficient (Wildman–Crippen LogP) is 0.521. The number of imidazole rings is 1. The normalized spacial score (nSPS) is 17.4. The largest absolute Gasteiger partial charge is 0.343 e. The summed E-state index contributed by atoms with van der Waals surface area (Å²) >= 11 is 0. The molecule has 17 heavy (non-hydrogen) atoms. The van der Waals surface area contributed by atoms with Gasteiger partial charge in [-0.15, -0.1) is 0 Å². The molecule has 1 fully saturated rings. The molecular formula is C12H20N4O. The van der Waals surface area contributed by atoms with E-state index in [1.54, 1.807) is 6.92 Å². The molecule has 1 aliphatic rings. The topological polar surface area (TPSA) is 50.2 Å². The molecule has 1 N–H and O–H groups in total. The van der Waals surface area contributed by atoms with Crippen LogP contribution in [0.3, 0.4) is 0 Å². The van der Waals surface area contributed by atoms with Gasteiger partial charge < -0.3 is 14.8 Å². The Labute approximate surface area is 102 Å². The highest BCUT2D eigenvalue weighted by Gasteiger charge is 2.20. The highest BCUT2D eigenvalue weighted by molar-refractivity contribution is 5.73. The number of carbonyl (C=O) groups excluding carboxylic acids is 1. The Hall–Kier alpha value is -1.36. The second kappa shape index (κ2) is 5.31. The minimum absolute atomic E-state index is 0.190. The molecule has 94 valence electrons. The molecule has 0 aromatic carbocycles. The average Bonchev–Trinajstić information content (AvgIpc) is 2.73. The highest BCUT2D eigenvalue weighted by atomic mass is 16.2. The van der Waals surface area contributed by atoms with Crippen LogP contribution in [-0.2, 0) is 18.4 Å². The van der Waals surface area contributed by atoms with Crippen LogP contribution >= 0.6 is 0 Å². The Bertz CT molecular complexity index is 380. The number of hydrogen-bond acceptors (Lipinski definition) is 3. The van der Waals surface area contributed by atoms with Crippen molar-refractivity contribution in [3.05, 3.63) is 18.2 Å². The lowest BCUT2D eigenvalue weighted by molar-refractivity contribution is -0.129. The fourth-order valence-electron chi connectivity index (χ4n) is 2.20. The maximum atomic E-state index is 11.2. The van der Waals surface area contributed by atoms with Crippen LogP contribution in [0.15, 0.2) is 12.5 Å². The molecule has 0 bridgehead atoms. The van der Waals surface area contributed by atoms with E-state index in [4.69, 9.17) is 0 Å². The van der Waals surface area contributed by atoms with Gasteiger partial charge in [-0.25, -0.2) is 4.98 Å². The number of rotatable bonds is 3. The van der Waals surface area contributed by atoms with E-state index in [0.717, 1.165) is 32.5 Å². The van der Waals surface area contributed by atoms with Crippen LogP contribution in [0.4, 0.5) is 0 Å². The van der Waals surface area contributed by atoms with Crippen LogP contribution in [0.25, 0.3) is 0 Å². The molecule has 5 heteroatoms.